The molecule has 1 amide bonds. The number of fused-ring (bicyclic) bond motifs is 1. The van der Waals surface area contributed by atoms with Crippen molar-refractivity contribution >= 4 is 49.9 Å². The molecule has 8 heteroatoms. The van der Waals surface area contributed by atoms with Gasteiger partial charge in [-0.1, -0.05) is 34.1 Å². The Balaban J connectivity index is 1.53. The molecule has 130 valence electrons. The SMILES string of the molecule is CC(NC(=O)CSCc1cc(=O)n2ccsc2n1)c1ccccc1Br. The first kappa shape index (κ1) is 18.2. The van der Waals surface area contributed by atoms with Crippen LogP contribution in [0.4, 0.5) is 0 Å². The van der Waals surface area contributed by atoms with Gasteiger partial charge in [-0.15, -0.1) is 23.1 Å². The maximum Gasteiger partial charge on any atom is 0.258 e. The van der Waals surface area contributed by atoms with E-state index in [1.165, 1.54) is 33.6 Å². The van der Waals surface area contributed by atoms with E-state index >= 15 is 0 Å². The number of amides is 1. The van der Waals surface area contributed by atoms with Crippen LogP contribution >= 0.6 is 39.0 Å². The number of thioether (sulfide) groups is 1. The smallest absolute Gasteiger partial charge is 0.258 e. The molecule has 1 aromatic carbocycles. The highest BCUT2D eigenvalue weighted by molar-refractivity contribution is 9.10. The minimum Gasteiger partial charge on any atom is -0.349 e. The van der Waals surface area contributed by atoms with Crippen LogP contribution in [0.3, 0.4) is 0 Å². The van der Waals surface area contributed by atoms with Crippen molar-refractivity contribution in [3.05, 3.63) is 68.0 Å². The summed E-state index contributed by atoms with van der Waals surface area (Å²) in [7, 11) is 0. The molecule has 2 aromatic heterocycles. The van der Waals surface area contributed by atoms with Gasteiger partial charge in [-0.2, -0.15) is 0 Å². The average molecular weight is 438 g/mol. The molecule has 1 atom stereocenters. The maximum atomic E-state index is 12.1. The quantitative estimate of drug-likeness (QED) is 0.639. The number of carbonyl (C=O) groups excluding carboxylic acids is 1. The minimum atomic E-state index is -0.0890. The summed E-state index contributed by atoms with van der Waals surface area (Å²) in [6.45, 7) is 1.95. The first-order valence-corrected chi connectivity index (χ1v) is 10.4. The standard InChI is InChI=1S/C17H16BrN3O2S2/c1-11(13-4-2-3-5-14(13)18)19-15(22)10-24-9-12-8-16(23)21-6-7-25-17(21)20-12/h2-8,11H,9-10H2,1H3,(H,19,22). The Morgan fingerprint density at radius 2 is 2.24 bits per heavy atom. The van der Waals surface area contributed by atoms with Gasteiger partial charge in [0, 0.05) is 27.9 Å². The van der Waals surface area contributed by atoms with Gasteiger partial charge in [-0.3, -0.25) is 14.0 Å². The van der Waals surface area contributed by atoms with Gasteiger partial charge in [0.2, 0.25) is 5.91 Å². The van der Waals surface area contributed by atoms with Crippen LogP contribution in [0.1, 0.15) is 24.2 Å². The van der Waals surface area contributed by atoms with E-state index in [0.717, 1.165) is 10.0 Å². The third-order valence-corrected chi connectivity index (χ3v) is 6.03. The van der Waals surface area contributed by atoms with Gasteiger partial charge in [-0.25, -0.2) is 4.98 Å². The van der Waals surface area contributed by atoms with E-state index in [-0.39, 0.29) is 17.5 Å². The molecule has 1 unspecified atom stereocenters. The van der Waals surface area contributed by atoms with Crippen molar-refractivity contribution in [2.24, 2.45) is 0 Å². The lowest BCUT2D eigenvalue weighted by molar-refractivity contribution is -0.119. The summed E-state index contributed by atoms with van der Waals surface area (Å²) in [6.07, 6.45) is 1.71. The Hall–Kier alpha value is -1.64. The summed E-state index contributed by atoms with van der Waals surface area (Å²) in [5, 5.41) is 4.82. The van der Waals surface area contributed by atoms with E-state index in [9.17, 15) is 9.59 Å². The van der Waals surface area contributed by atoms with Gasteiger partial charge in [0.1, 0.15) is 0 Å². The van der Waals surface area contributed by atoms with Crippen molar-refractivity contribution in [2.75, 3.05) is 5.75 Å². The molecule has 25 heavy (non-hydrogen) atoms. The molecule has 3 rings (SSSR count). The molecule has 0 bridgehead atoms. The number of benzene rings is 1. The highest BCUT2D eigenvalue weighted by Gasteiger charge is 2.12. The molecular formula is C17H16BrN3O2S2. The number of aromatic nitrogens is 2. The molecule has 1 N–H and O–H groups in total. The highest BCUT2D eigenvalue weighted by Crippen LogP contribution is 2.22. The predicted molar refractivity (Wildman–Crippen MR) is 106 cm³/mol. The number of rotatable bonds is 6. The molecule has 0 saturated carbocycles. The van der Waals surface area contributed by atoms with Gasteiger partial charge in [0.25, 0.3) is 5.56 Å². The van der Waals surface area contributed by atoms with Crippen molar-refractivity contribution in [2.45, 2.75) is 18.7 Å². The Morgan fingerprint density at radius 3 is 3.04 bits per heavy atom. The van der Waals surface area contributed by atoms with Crippen molar-refractivity contribution in [3.63, 3.8) is 0 Å². The van der Waals surface area contributed by atoms with E-state index < -0.39 is 0 Å². The predicted octanol–water partition coefficient (Wildman–Crippen LogP) is 3.63. The molecule has 5 nitrogen and oxygen atoms in total. The lowest BCUT2D eigenvalue weighted by Gasteiger charge is -2.15. The summed E-state index contributed by atoms with van der Waals surface area (Å²) >= 11 is 6.37. The molecule has 0 spiro atoms. The van der Waals surface area contributed by atoms with Crippen molar-refractivity contribution in [1.29, 1.82) is 0 Å². The first-order chi connectivity index (χ1) is 12.0. The number of nitrogens with zero attached hydrogens (tertiary/aromatic N) is 2. The lowest BCUT2D eigenvalue weighted by Crippen LogP contribution is -2.28. The van der Waals surface area contributed by atoms with E-state index in [1.807, 2.05) is 36.6 Å². The number of nitrogens with one attached hydrogen (secondary N) is 1. The fourth-order valence-corrected chi connectivity index (χ4v) is 4.49. The van der Waals surface area contributed by atoms with Crippen molar-refractivity contribution in [3.8, 4) is 0 Å². The van der Waals surface area contributed by atoms with Crippen LogP contribution in [-0.2, 0) is 10.5 Å². The molecule has 0 radical (unpaired) electrons. The Bertz CT molecular complexity index is 954. The zero-order valence-corrected chi connectivity index (χ0v) is 16.7. The fraction of sp³-hybridized carbons (Fsp3) is 0.235. The Morgan fingerprint density at radius 1 is 1.44 bits per heavy atom. The summed E-state index contributed by atoms with van der Waals surface area (Å²) in [5.41, 5.74) is 1.65. The van der Waals surface area contributed by atoms with Crippen molar-refractivity contribution < 1.29 is 4.79 Å². The lowest BCUT2D eigenvalue weighted by atomic mass is 10.1. The monoisotopic (exact) mass is 437 g/mol. The first-order valence-electron chi connectivity index (χ1n) is 7.62. The molecule has 0 aliphatic heterocycles. The van der Waals surface area contributed by atoms with Crippen LogP contribution in [0.15, 0.2) is 51.2 Å². The number of hydrogen-bond donors (Lipinski definition) is 1. The molecule has 0 aliphatic carbocycles. The summed E-state index contributed by atoms with van der Waals surface area (Å²) in [5.74, 6) is 0.808. The molecule has 0 fully saturated rings. The summed E-state index contributed by atoms with van der Waals surface area (Å²) in [4.78, 5) is 29.2. The Labute approximate surface area is 161 Å². The van der Waals surface area contributed by atoms with Gasteiger partial charge in [-0.05, 0) is 18.6 Å². The maximum absolute atomic E-state index is 12.1. The second-order valence-electron chi connectivity index (χ2n) is 5.44. The second kappa shape index (κ2) is 8.16. The highest BCUT2D eigenvalue weighted by atomic mass is 79.9. The van der Waals surface area contributed by atoms with Crippen LogP contribution in [0, 0.1) is 0 Å². The molecule has 0 aliphatic rings. The topological polar surface area (TPSA) is 63.5 Å². The van der Waals surface area contributed by atoms with Crippen LogP contribution < -0.4 is 10.9 Å². The van der Waals surface area contributed by atoms with Gasteiger partial charge < -0.3 is 5.32 Å². The van der Waals surface area contributed by atoms with Crippen LogP contribution in [0.5, 0.6) is 0 Å². The minimum absolute atomic E-state index is 0.0397. The summed E-state index contributed by atoms with van der Waals surface area (Å²) in [6, 6.07) is 9.27. The Kier molecular flexibility index (Phi) is 5.93. The third-order valence-electron chi connectivity index (χ3n) is 3.59. The summed E-state index contributed by atoms with van der Waals surface area (Å²) < 4.78 is 2.50. The molecule has 0 saturated heterocycles. The normalized spacial score (nSPS) is 12.2. The van der Waals surface area contributed by atoms with E-state index in [0.29, 0.717) is 22.2 Å². The van der Waals surface area contributed by atoms with Gasteiger partial charge >= 0.3 is 0 Å². The third kappa shape index (κ3) is 4.50. The number of carbonyl (C=O) groups is 1. The molecular weight excluding hydrogens is 422 g/mol. The van der Waals surface area contributed by atoms with E-state index in [1.54, 1.807) is 6.20 Å². The van der Waals surface area contributed by atoms with Gasteiger partial charge in [0.15, 0.2) is 4.96 Å². The van der Waals surface area contributed by atoms with Gasteiger partial charge in [0.05, 0.1) is 17.5 Å². The molecule has 3 aromatic rings. The number of thiazole rings is 1. The number of hydrogen-bond acceptors (Lipinski definition) is 5. The largest absolute Gasteiger partial charge is 0.349 e. The zero-order chi connectivity index (χ0) is 17.8. The number of halogens is 1. The average Bonchev–Trinajstić information content (AvgIpc) is 3.04. The van der Waals surface area contributed by atoms with Crippen molar-refractivity contribution in [1.82, 2.24) is 14.7 Å². The van der Waals surface area contributed by atoms with Crippen LogP contribution in [-0.4, -0.2) is 21.0 Å². The van der Waals surface area contributed by atoms with Crippen LogP contribution in [0.25, 0.3) is 4.96 Å². The fourth-order valence-electron chi connectivity index (χ4n) is 2.40. The van der Waals surface area contributed by atoms with E-state index in [4.69, 9.17) is 0 Å². The second-order valence-corrected chi connectivity index (χ2v) is 8.16. The zero-order valence-electron chi connectivity index (χ0n) is 13.4. The van der Waals surface area contributed by atoms with Crippen LogP contribution in [0.2, 0.25) is 0 Å². The van der Waals surface area contributed by atoms with E-state index in [2.05, 4.69) is 26.2 Å². The molecule has 2 heterocycles.